The Morgan fingerprint density at radius 1 is 1.35 bits per heavy atom. The van der Waals surface area contributed by atoms with Gasteiger partial charge in [-0.15, -0.1) is 11.3 Å². The highest BCUT2D eigenvalue weighted by Gasteiger charge is 2.17. The number of nitrogens with zero attached hydrogens (tertiary/aromatic N) is 5. The van der Waals surface area contributed by atoms with E-state index in [2.05, 4.69) is 20.5 Å². The van der Waals surface area contributed by atoms with E-state index in [-0.39, 0.29) is 5.91 Å². The van der Waals surface area contributed by atoms with E-state index < -0.39 is 0 Å². The molecule has 0 aliphatic carbocycles. The van der Waals surface area contributed by atoms with Gasteiger partial charge in [-0.1, -0.05) is 6.07 Å². The third-order valence-corrected chi connectivity index (χ3v) is 5.12. The molecule has 1 amide bonds. The number of fused-ring (bicyclic) bond motifs is 1. The summed E-state index contributed by atoms with van der Waals surface area (Å²) < 4.78 is 3.57. The Morgan fingerprint density at radius 3 is 2.96 bits per heavy atom. The lowest BCUT2D eigenvalue weighted by molar-refractivity contribution is 0.0952. The lowest BCUT2D eigenvalue weighted by atomic mass is 10.2. The Balaban J connectivity index is 1.59. The summed E-state index contributed by atoms with van der Waals surface area (Å²) in [5.41, 5.74) is 3.86. The Bertz CT molecular complexity index is 1060. The number of aromatic nitrogens is 5. The summed E-state index contributed by atoms with van der Waals surface area (Å²) in [6, 6.07) is 5.91. The number of rotatable bonds is 5. The molecule has 1 N–H and O–H groups in total. The van der Waals surface area contributed by atoms with Crippen LogP contribution in [0.1, 0.15) is 28.5 Å². The minimum atomic E-state index is -0.195. The first-order valence-corrected chi connectivity index (χ1v) is 9.23. The number of hydrogen-bond acceptors (Lipinski definition) is 5. The van der Waals surface area contributed by atoms with Crippen molar-refractivity contribution < 1.29 is 4.79 Å². The summed E-state index contributed by atoms with van der Waals surface area (Å²) in [6.07, 6.45) is 5.23. The van der Waals surface area contributed by atoms with Crippen LogP contribution in [0, 0.1) is 6.92 Å². The topological polar surface area (TPSA) is 77.1 Å². The molecule has 8 heteroatoms. The fourth-order valence-corrected chi connectivity index (χ4v) is 3.56. The number of thiophene rings is 1. The molecule has 7 nitrogen and oxygen atoms in total. The molecule has 0 aliphatic heterocycles. The monoisotopic (exact) mass is 366 g/mol. The Labute approximate surface area is 154 Å². The van der Waals surface area contributed by atoms with E-state index in [1.54, 1.807) is 28.2 Å². The van der Waals surface area contributed by atoms with E-state index in [9.17, 15) is 4.79 Å². The maximum Gasteiger partial charge on any atom is 0.257 e. The zero-order valence-electron chi connectivity index (χ0n) is 14.5. The van der Waals surface area contributed by atoms with E-state index >= 15 is 0 Å². The molecule has 4 heterocycles. The van der Waals surface area contributed by atoms with Crippen LogP contribution >= 0.6 is 11.3 Å². The fourth-order valence-electron chi connectivity index (χ4n) is 2.83. The van der Waals surface area contributed by atoms with Gasteiger partial charge >= 0.3 is 0 Å². The van der Waals surface area contributed by atoms with Gasteiger partial charge in [0.15, 0.2) is 5.65 Å². The van der Waals surface area contributed by atoms with Crippen molar-refractivity contribution >= 4 is 22.9 Å². The van der Waals surface area contributed by atoms with E-state index in [1.807, 2.05) is 48.3 Å². The fraction of sp³-hybridized carbons (Fsp3) is 0.222. The molecule has 4 aromatic rings. The summed E-state index contributed by atoms with van der Waals surface area (Å²) in [5, 5.41) is 13.7. The second kappa shape index (κ2) is 6.72. The lowest BCUT2D eigenvalue weighted by Crippen LogP contribution is -2.23. The van der Waals surface area contributed by atoms with E-state index in [4.69, 9.17) is 0 Å². The molecule has 0 aliphatic rings. The molecule has 0 atom stereocenters. The molecule has 0 saturated heterocycles. The molecule has 26 heavy (non-hydrogen) atoms. The molecule has 0 aromatic carbocycles. The van der Waals surface area contributed by atoms with Crippen molar-refractivity contribution in [3.05, 3.63) is 59.0 Å². The normalized spacial score (nSPS) is 11.2. The van der Waals surface area contributed by atoms with E-state index in [0.717, 1.165) is 28.4 Å². The average Bonchev–Trinajstić information content (AvgIpc) is 3.38. The second-order valence-electron chi connectivity index (χ2n) is 5.88. The van der Waals surface area contributed by atoms with Gasteiger partial charge < -0.3 is 5.32 Å². The van der Waals surface area contributed by atoms with Gasteiger partial charge in [0.2, 0.25) is 0 Å². The van der Waals surface area contributed by atoms with Crippen molar-refractivity contribution in [2.75, 3.05) is 0 Å². The van der Waals surface area contributed by atoms with Gasteiger partial charge in [-0.05, 0) is 31.4 Å². The highest BCUT2D eigenvalue weighted by Crippen LogP contribution is 2.25. The highest BCUT2D eigenvalue weighted by molar-refractivity contribution is 7.13. The Morgan fingerprint density at radius 2 is 2.23 bits per heavy atom. The van der Waals surface area contributed by atoms with Gasteiger partial charge in [0.25, 0.3) is 5.91 Å². The molecule has 4 aromatic heterocycles. The number of carbonyl (C=O) groups is 1. The van der Waals surface area contributed by atoms with Crippen LogP contribution in [0.2, 0.25) is 0 Å². The van der Waals surface area contributed by atoms with Crippen LogP contribution in [0.5, 0.6) is 0 Å². The van der Waals surface area contributed by atoms with Gasteiger partial charge in [0.05, 0.1) is 22.5 Å². The van der Waals surface area contributed by atoms with Crippen LogP contribution in [0.3, 0.4) is 0 Å². The number of amides is 1. The first-order valence-electron chi connectivity index (χ1n) is 8.35. The standard InChI is InChI=1S/C18H18N6OS/c1-3-23-11-13(12(2)22-23)9-20-18(25)14-10-21-24-15(6-7-19-17(14)24)16-5-4-8-26-16/h4-8,10-11H,3,9H2,1-2H3,(H,20,25). The van der Waals surface area contributed by atoms with Crippen molar-refractivity contribution in [1.29, 1.82) is 0 Å². The van der Waals surface area contributed by atoms with Gasteiger partial charge in [-0.3, -0.25) is 9.48 Å². The molecular formula is C18H18N6OS. The molecule has 0 bridgehead atoms. The molecule has 0 radical (unpaired) electrons. The van der Waals surface area contributed by atoms with Crippen LogP contribution in [-0.2, 0) is 13.1 Å². The molecule has 0 saturated carbocycles. The van der Waals surface area contributed by atoms with E-state index in [0.29, 0.717) is 17.8 Å². The molecule has 0 spiro atoms. The maximum absolute atomic E-state index is 12.6. The number of hydrogen-bond donors (Lipinski definition) is 1. The van der Waals surface area contributed by atoms with Gasteiger partial charge in [-0.2, -0.15) is 10.2 Å². The third-order valence-electron chi connectivity index (χ3n) is 4.23. The van der Waals surface area contributed by atoms with Crippen molar-refractivity contribution in [2.24, 2.45) is 0 Å². The molecule has 0 unspecified atom stereocenters. The quantitative estimate of drug-likeness (QED) is 0.589. The van der Waals surface area contributed by atoms with E-state index in [1.165, 1.54) is 0 Å². The molecule has 4 rings (SSSR count). The van der Waals surface area contributed by atoms with Crippen LogP contribution in [-0.4, -0.2) is 30.3 Å². The first kappa shape index (κ1) is 16.5. The van der Waals surface area contributed by atoms with Gasteiger partial charge in [0, 0.05) is 31.0 Å². The summed E-state index contributed by atoms with van der Waals surface area (Å²) in [5.74, 6) is -0.195. The molecule has 0 fully saturated rings. The Kier molecular flexibility index (Phi) is 4.26. The third kappa shape index (κ3) is 2.88. The lowest BCUT2D eigenvalue weighted by Gasteiger charge is -2.04. The largest absolute Gasteiger partial charge is 0.348 e. The van der Waals surface area contributed by atoms with Crippen molar-refractivity contribution in [3.8, 4) is 10.6 Å². The molecular weight excluding hydrogens is 348 g/mol. The number of nitrogens with one attached hydrogen (secondary N) is 1. The summed E-state index contributed by atoms with van der Waals surface area (Å²) in [7, 11) is 0. The molecule has 132 valence electrons. The average molecular weight is 366 g/mol. The maximum atomic E-state index is 12.6. The van der Waals surface area contributed by atoms with Crippen LogP contribution in [0.25, 0.3) is 16.2 Å². The van der Waals surface area contributed by atoms with Crippen molar-refractivity contribution in [1.82, 2.24) is 29.7 Å². The summed E-state index contributed by atoms with van der Waals surface area (Å²) in [6.45, 7) is 5.20. The Hall–Kier alpha value is -3.00. The van der Waals surface area contributed by atoms with Crippen LogP contribution in [0.4, 0.5) is 0 Å². The smallest absolute Gasteiger partial charge is 0.257 e. The highest BCUT2D eigenvalue weighted by atomic mass is 32.1. The SMILES string of the molecule is CCn1cc(CNC(=O)c2cnn3c(-c4cccs4)ccnc23)c(C)n1. The van der Waals surface area contributed by atoms with Gasteiger partial charge in [-0.25, -0.2) is 9.50 Å². The number of aryl methyl sites for hydroxylation is 2. The first-order chi connectivity index (χ1) is 12.7. The van der Waals surface area contributed by atoms with Crippen molar-refractivity contribution in [3.63, 3.8) is 0 Å². The number of carbonyl (C=O) groups excluding carboxylic acids is 1. The van der Waals surface area contributed by atoms with Crippen molar-refractivity contribution in [2.45, 2.75) is 26.9 Å². The van der Waals surface area contributed by atoms with Gasteiger partial charge in [0.1, 0.15) is 5.56 Å². The van der Waals surface area contributed by atoms with Crippen LogP contribution in [0.15, 0.2) is 42.2 Å². The zero-order chi connectivity index (χ0) is 18.1. The summed E-state index contributed by atoms with van der Waals surface area (Å²) in [4.78, 5) is 18.1. The summed E-state index contributed by atoms with van der Waals surface area (Å²) >= 11 is 1.62. The minimum Gasteiger partial charge on any atom is -0.348 e. The zero-order valence-corrected chi connectivity index (χ0v) is 15.3. The minimum absolute atomic E-state index is 0.195. The predicted molar refractivity (Wildman–Crippen MR) is 100 cm³/mol. The predicted octanol–water partition coefficient (Wildman–Crippen LogP) is 2.91. The van der Waals surface area contributed by atoms with Crippen LogP contribution < -0.4 is 5.32 Å². The second-order valence-corrected chi connectivity index (χ2v) is 6.83.